The molecule has 1 aliphatic rings. The van der Waals surface area contributed by atoms with Crippen LogP contribution in [0.4, 0.5) is 14.4 Å². The van der Waals surface area contributed by atoms with Gasteiger partial charge in [0, 0.05) is 5.92 Å². The minimum Gasteiger partial charge on any atom is -0.480 e. The van der Waals surface area contributed by atoms with E-state index in [9.17, 15) is 24.3 Å². The van der Waals surface area contributed by atoms with Crippen molar-refractivity contribution in [2.24, 2.45) is 17.6 Å². The molecule has 3 N–H and O–H groups in total. The summed E-state index contributed by atoms with van der Waals surface area (Å²) in [5.41, 5.74) is 6.40. The Bertz CT molecular complexity index is 1050. The molecule has 0 radical (unpaired) electrons. The van der Waals surface area contributed by atoms with E-state index < -0.39 is 42.5 Å². The molecule has 0 amide bonds. The van der Waals surface area contributed by atoms with Gasteiger partial charge in [-0.15, -0.1) is 0 Å². The fourth-order valence-corrected chi connectivity index (χ4v) is 4.49. The van der Waals surface area contributed by atoms with Crippen LogP contribution in [-0.4, -0.2) is 61.0 Å². The second-order valence-corrected chi connectivity index (χ2v) is 11.7. The largest absolute Gasteiger partial charge is 0.513 e. The predicted molar refractivity (Wildman–Crippen MR) is 156 cm³/mol. The van der Waals surface area contributed by atoms with E-state index in [0.717, 1.165) is 32.1 Å². The molecule has 3 atom stereocenters. The van der Waals surface area contributed by atoms with E-state index in [1.54, 1.807) is 6.92 Å². The SMILES string of the molecule is CC(C)CCOC(=O)Oc1ccc(C(CC(C)OC(=O)OC2CCCCC2)[C@H](N)C(=O)O)cc1OC(=O)OCCC(C)C. The van der Waals surface area contributed by atoms with Crippen LogP contribution >= 0.6 is 0 Å². The topological polar surface area (TPSA) is 170 Å². The molecule has 2 rings (SSSR count). The summed E-state index contributed by atoms with van der Waals surface area (Å²) in [4.78, 5) is 49.1. The zero-order valence-corrected chi connectivity index (χ0v) is 25.9. The number of benzene rings is 1. The van der Waals surface area contributed by atoms with Gasteiger partial charge in [-0.1, -0.05) is 40.2 Å². The number of hydrogen-bond acceptors (Lipinski definition) is 11. The lowest BCUT2D eigenvalue weighted by Gasteiger charge is -2.26. The summed E-state index contributed by atoms with van der Waals surface area (Å²) in [5.74, 6) is -1.91. The Hall–Kier alpha value is -3.54. The van der Waals surface area contributed by atoms with E-state index in [1.165, 1.54) is 18.2 Å². The van der Waals surface area contributed by atoms with Crippen molar-refractivity contribution in [2.45, 2.75) is 110 Å². The standard InChI is InChI=1S/C31H47NO11/c1-19(2)13-15-38-29(35)42-25-12-11-22(18-26(25)43-30(36)39-16-14-20(3)4)24(27(32)28(33)34)17-21(5)40-31(37)41-23-9-7-6-8-10-23/h11-12,18-21,23-24,27H,6-10,13-17,32H2,1-5H3,(H,33,34)/t21?,24?,27-/m0/s1. The third kappa shape index (κ3) is 13.5. The highest BCUT2D eigenvalue weighted by molar-refractivity contribution is 5.75. The van der Waals surface area contributed by atoms with E-state index in [-0.39, 0.29) is 43.2 Å². The van der Waals surface area contributed by atoms with Gasteiger partial charge in [-0.3, -0.25) is 4.79 Å². The number of carbonyl (C=O) groups excluding carboxylic acids is 3. The molecule has 0 aromatic heterocycles. The number of ether oxygens (including phenoxy) is 6. The Kier molecular flexibility index (Phi) is 15.1. The van der Waals surface area contributed by atoms with Gasteiger partial charge in [0.05, 0.1) is 13.2 Å². The molecule has 12 nitrogen and oxygen atoms in total. The van der Waals surface area contributed by atoms with E-state index in [4.69, 9.17) is 34.2 Å². The van der Waals surface area contributed by atoms with Crippen molar-refractivity contribution in [2.75, 3.05) is 13.2 Å². The Labute approximate surface area is 253 Å². The monoisotopic (exact) mass is 609 g/mol. The molecule has 0 spiro atoms. The lowest BCUT2D eigenvalue weighted by atomic mass is 9.87. The van der Waals surface area contributed by atoms with Crippen molar-refractivity contribution in [3.05, 3.63) is 23.8 Å². The minimum absolute atomic E-state index is 0.0168. The quantitative estimate of drug-likeness (QED) is 0.125. The average molecular weight is 610 g/mol. The van der Waals surface area contributed by atoms with E-state index in [0.29, 0.717) is 24.3 Å². The molecule has 43 heavy (non-hydrogen) atoms. The Balaban J connectivity index is 2.24. The first kappa shape index (κ1) is 35.7. The normalized spacial score (nSPS) is 15.7. The first-order chi connectivity index (χ1) is 20.3. The lowest BCUT2D eigenvalue weighted by Crippen LogP contribution is -2.38. The number of hydrogen-bond donors (Lipinski definition) is 2. The van der Waals surface area contributed by atoms with Gasteiger partial charge in [-0.05, 0) is 81.4 Å². The fourth-order valence-electron chi connectivity index (χ4n) is 4.49. The molecule has 12 heteroatoms. The highest BCUT2D eigenvalue weighted by atomic mass is 16.7. The van der Waals surface area contributed by atoms with Crippen LogP contribution in [0, 0.1) is 11.8 Å². The number of rotatable bonds is 15. The zero-order chi connectivity index (χ0) is 31.9. The molecular formula is C31H47NO11. The first-order valence-electron chi connectivity index (χ1n) is 15.0. The number of nitrogens with two attached hydrogens (primary N) is 1. The Morgan fingerprint density at radius 1 is 0.837 bits per heavy atom. The summed E-state index contributed by atoms with van der Waals surface area (Å²) in [5, 5.41) is 9.73. The van der Waals surface area contributed by atoms with E-state index >= 15 is 0 Å². The van der Waals surface area contributed by atoms with Gasteiger partial charge in [-0.25, -0.2) is 14.4 Å². The van der Waals surface area contributed by atoms with Gasteiger partial charge >= 0.3 is 24.4 Å². The molecule has 2 unspecified atom stereocenters. The second kappa shape index (κ2) is 18.2. The van der Waals surface area contributed by atoms with Gasteiger partial charge in [0.1, 0.15) is 18.2 Å². The average Bonchev–Trinajstić information content (AvgIpc) is 2.92. The van der Waals surface area contributed by atoms with Crippen LogP contribution in [0.1, 0.15) is 97.5 Å². The van der Waals surface area contributed by atoms with E-state index in [1.807, 2.05) is 27.7 Å². The first-order valence-corrected chi connectivity index (χ1v) is 15.0. The van der Waals surface area contributed by atoms with Gasteiger partial charge in [0.2, 0.25) is 0 Å². The van der Waals surface area contributed by atoms with Crippen molar-refractivity contribution >= 4 is 24.4 Å². The number of carbonyl (C=O) groups is 4. The highest BCUT2D eigenvalue weighted by Crippen LogP contribution is 2.35. The highest BCUT2D eigenvalue weighted by Gasteiger charge is 2.31. The van der Waals surface area contributed by atoms with Crippen molar-refractivity contribution < 1.29 is 52.7 Å². The zero-order valence-electron chi connectivity index (χ0n) is 25.9. The molecule has 242 valence electrons. The number of carboxylic acid groups (broad SMARTS) is 1. The van der Waals surface area contributed by atoms with E-state index in [2.05, 4.69) is 0 Å². The Morgan fingerprint density at radius 2 is 1.40 bits per heavy atom. The van der Waals surface area contributed by atoms with Crippen molar-refractivity contribution in [3.8, 4) is 11.5 Å². The maximum atomic E-state index is 12.5. The van der Waals surface area contributed by atoms with Gasteiger partial charge in [0.25, 0.3) is 0 Å². The predicted octanol–water partition coefficient (Wildman–Crippen LogP) is 6.57. The maximum absolute atomic E-state index is 12.5. The minimum atomic E-state index is -1.40. The summed E-state index contributed by atoms with van der Waals surface area (Å²) >= 11 is 0. The number of aliphatic carboxylic acids is 1. The summed E-state index contributed by atoms with van der Waals surface area (Å²) in [7, 11) is 0. The van der Waals surface area contributed by atoms with Gasteiger partial charge in [0.15, 0.2) is 11.5 Å². The van der Waals surface area contributed by atoms with Crippen LogP contribution in [0.2, 0.25) is 0 Å². The molecule has 1 fully saturated rings. The van der Waals surface area contributed by atoms with Crippen molar-refractivity contribution in [3.63, 3.8) is 0 Å². The van der Waals surface area contributed by atoms with Crippen LogP contribution in [0.3, 0.4) is 0 Å². The molecule has 1 aromatic carbocycles. The Morgan fingerprint density at radius 3 is 1.93 bits per heavy atom. The van der Waals surface area contributed by atoms with Gasteiger partial charge < -0.3 is 39.3 Å². The fraction of sp³-hybridized carbons (Fsp3) is 0.677. The van der Waals surface area contributed by atoms with Crippen molar-refractivity contribution in [1.29, 1.82) is 0 Å². The van der Waals surface area contributed by atoms with Crippen LogP contribution in [0.5, 0.6) is 11.5 Å². The van der Waals surface area contributed by atoms with Crippen molar-refractivity contribution in [1.82, 2.24) is 0 Å². The molecule has 0 aliphatic heterocycles. The molecule has 1 saturated carbocycles. The van der Waals surface area contributed by atoms with Gasteiger partial charge in [-0.2, -0.15) is 0 Å². The number of carboxylic acids is 1. The smallest absolute Gasteiger partial charge is 0.480 e. The lowest BCUT2D eigenvalue weighted by molar-refractivity contribution is -0.139. The molecule has 0 heterocycles. The van der Waals surface area contributed by atoms with Crippen LogP contribution in [0.25, 0.3) is 0 Å². The third-order valence-corrected chi connectivity index (χ3v) is 7.03. The molecule has 0 saturated heterocycles. The summed E-state index contributed by atoms with van der Waals surface area (Å²) in [6.45, 7) is 9.77. The molecule has 1 aromatic rings. The molecule has 0 bridgehead atoms. The van der Waals surface area contributed by atoms with Crippen LogP contribution in [0.15, 0.2) is 18.2 Å². The summed E-state index contributed by atoms with van der Waals surface area (Å²) in [6.07, 6.45) is 2.06. The summed E-state index contributed by atoms with van der Waals surface area (Å²) < 4.78 is 31.8. The maximum Gasteiger partial charge on any atom is 0.513 e. The second-order valence-electron chi connectivity index (χ2n) is 11.7. The van der Waals surface area contributed by atoms with Crippen LogP contribution in [-0.2, 0) is 23.7 Å². The molecule has 1 aliphatic carbocycles. The third-order valence-electron chi connectivity index (χ3n) is 7.03. The summed E-state index contributed by atoms with van der Waals surface area (Å²) in [6, 6.07) is 2.79. The van der Waals surface area contributed by atoms with Crippen LogP contribution < -0.4 is 15.2 Å². The molecular weight excluding hydrogens is 562 g/mol.